The maximum atomic E-state index is 12.5. The van der Waals surface area contributed by atoms with Gasteiger partial charge in [-0.25, -0.2) is 4.63 Å². The molecule has 0 spiro atoms. The van der Waals surface area contributed by atoms with E-state index in [4.69, 9.17) is 18.8 Å². The quantitative estimate of drug-likeness (QED) is 0.635. The van der Waals surface area contributed by atoms with E-state index in [1.165, 1.54) is 7.11 Å². The highest BCUT2D eigenvalue weighted by molar-refractivity contribution is 5.96. The van der Waals surface area contributed by atoms with Crippen molar-refractivity contribution in [3.8, 4) is 28.5 Å². The minimum atomic E-state index is -0.791. The van der Waals surface area contributed by atoms with Gasteiger partial charge in [-0.3, -0.25) is 4.79 Å². The summed E-state index contributed by atoms with van der Waals surface area (Å²) < 4.78 is 21.2. The molecule has 0 unspecified atom stereocenters. The molecule has 28 heavy (non-hydrogen) atoms. The number of carbonyl (C=O) groups excluding carboxylic acids is 1. The van der Waals surface area contributed by atoms with Crippen LogP contribution < -0.4 is 19.5 Å². The van der Waals surface area contributed by atoms with Gasteiger partial charge >= 0.3 is 0 Å². The third-order valence-electron chi connectivity index (χ3n) is 3.91. The average molecular weight is 383 g/mol. The number of anilines is 1. The molecule has 8 heteroatoms. The van der Waals surface area contributed by atoms with E-state index in [1.54, 1.807) is 25.1 Å². The second kappa shape index (κ2) is 8.90. The van der Waals surface area contributed by atoms with Crippen LogP contribution in [0.3, 0.4) is 0 Å². The first-order chi connectivity index (χ1) is 13.6. The minimum absolute atomic E-state index is 0.213. The molecule has 1 amide bonds. The Balaban J connectivity index is 1.70. The molecule has 0 saturated carbocycles. The highest BCUT2D eigenvalue weighted by Crippen LogP contribution is 2.28. The molecule has 0 bridgehead atoms. The number of ether oxygens (including phenoxy) is 3. The van der Waals surface area contributed by atoms with Gasteiger partial charge in [0, 0.05) is 5.56 Å². The van der Waals surface area contributed by atoms with Gasteiger partial charge in [0.1, 0.15) is 5.75 Å². The lowest BCUT2D eigenvalue weighted by Gasteiger charge is -2.16. The van der Waals surface area contributed by atoms with E-state index in [9.17, 15) is 4.79 Å². The predicted octanol–water partition coefficient (Wildman–Crippen LogP) is 3.55. The maximum Gasteiger partial charge on any atom is 0.266 e. The van der Waals surface area contributed by atoms with Crippen LogP contribution in [0.5, 0.6) is 17.2 Å². The van der Waals surface area contributed by atoms with Crippen LogP contribution in [0.25, 0.3) is 11.3 Å². The molecule has 3 aromatic rings. The number of rotatable bonds is 8. The largest absolute Gasteiger partial charge is 0.494 e. The number of hydrogen-bond donors (Lipinski definition) is 1. The lowest BCUT2D eigenvalue weighted by atomic mass is 10.1. The molecule has 0 aliphatic heterocycles. The molecule has 0 radical (unpaired) electrons. The zero-order valence-electron chi connectivity index (χ0n) is 15.8. The summed E-state index contributed by atoms with van der Waals surface area (Å²) in [6, 6.07) is 14.4. The number of carbonyl (C=O) groups is 1. The molecule has 0 aliphatic rings. The first-order valence-corrected chi connectivity index (χ1v) is 8.78. The van der Waals surface area contributed by atoms with Crippen molar-refractivity contribution in [1.82, 2.24) is 10.3 Å². The first kappa shape index (κ1) is 19.2. The second-order valence-electron chi connectivity index (χ2n) is 5.82. The van der Waals surface area contributed by atoms with Gasteiger partial charge in [0.05, 0.1) is 13.7 Å². The summed E-state index contributed by atoms with van der Waals surface area (Å²) in [5.41, 5.74) is 1.15. The van der Waals surface area contributed by atoms with Gasteiger partial charge in [-0.1, -0.05) is 12.1 Å². The first-order valence-electron chi connectivity index (χ1n) is 8.78. The number of nitrogens with zero attached hydrogens (tertiary/aromatic N) is 2. The van der Waals surface area contributed by atoms with Crippen molar-refractivity contribution in [2.24, 2.45) is 0 Å². The van der Waals surface area contributed by atoms with E-state index < -0.39 is 12.0 Å². The summed E-state index contributed by atoms with van der Waals surface area (Å²) in [6.45, 7) is 4.12. The number of hydrogen-bond acceptors (Lipinski definition) is 7. The Morgan fingerprint density at radius 2 is 1.82 bits per heavy atom. The van der Waals surface area contributed by atoms with Crippen LogP contribution in [0.1, 0.15) is 13.8 Å². The number of nitrogens with one attached hydrogen (secondary N) is 1. The fourth-order valence-corrected chi connectivity index (χ4v) is 2.51. The summed E-state index contributed by atoms with van der Waals surface area (Å²) in [6.07, 6.45) is -0.791. The van der Waals surface area contributed by atoms with Crippen molar-refractivity contribution in [2.45, 2.75) is 20.0 Å². The smallest absolute Gasteiger partial charge is 0.266 e. The Kier molecular flexibility index (Phi) is 6.11. The molecule has 146 valence electrons. The number of amides is 1. The molecule has 3 rings (SSSR count). The van der Waals surface area contributed by atoms with Crippen LogP contribution in [0.4, 0.5) is 5.82 Å². The summed E-state index contributed by atoms with van der Waals surface area (Å²) in [7, 11) is 1.54. The third kappa shape index (κ3) is 4.40. The molecular weight excluding hydrogens is 362 g/mol. The van der Waals surface area contributed by atoms with Crippen LogP contribution in [0.15, 0.2) is 53.2 Å². The third-order valence-corrected chi connectivity index (χ3v) is 3.91. The number of methoxy groups -OCH3 is 1. The highest BCUT2D eigenvalue weighted by atomic mass is 16.6. The van der Waals surface area contributed by atoms with Crippen molar-refractivity contribution in [3.63, 3.8) is 0 Å². The van der Waals surface area contributed by atoms with Crippen molar-refractivity contribution in [2.75, 3.05) is 19.0 Å². The molecular formula is C20H21N3O5. The summed E-state index contributed by atoms with van der Waals surface area (Å²) in [5.74, 6) is 1.57. The number of aromatic nitrogens is 2. The normalized spacial score (nSPS) is 11.5. The maximum absolute atomic E-state index is 12.5. The van der Waals surface area contributed by atoms with Gasteiger partial charge in [-0.05, 0) is 60.6 Å². The van der Waals surface area contributed by atoms with Crippen LogP contribution >= 0.6 is 0 Å². The predicted molar refractivity (Wildman–Crippen MR) is 103 cm³/mol. The Morgan fingerprint density at radius 3 is 2.50 bits per heavy atom. The van der Waals surface area contributed by atoms with Crippen LogP contribution in [-0.4, -0.2) is 36.0 Å². The Labute approximate surface area is 162 Å². The van der Waals surface area contributed by atoms with Crippen LogP contribution in [0, 0.1) is 0 Å². The number of benzene rings is 2. The minimum Gasteiger partial charge on any atom is -0.494 e. The zero-order chi connectivity index (χ0) is 19.9. The topological polar surface area (TPSA) is 95.7 Å². The molecule has 1 heterocycles. The summed E-state index contributed by atoms with van der Waals surface area (Å²) in [4.78, 5) is 12.5. The molecule has 0 fully saturated rings. The Bertz CT molecular complexity index is 924. The lowest BCUT2D eigenvalue weighted by Crippen LogP contribution is -2.30. The SMILES string of the molecule is CCOc1ccc(-c2nonc2NC(=O)[C@H](C)Oc2ccccc2OC)cc1. The lowest BCUT2D eigenvalue weighted by molar-refractivity contribution is -0.122. The standard InChI is InChI=1S/C20H21N3O5/c1-4-26-15-11-9-14(10-12-15)18-19(23-28-22-18)21-20(24)13(2)27-17-8-6-5-7-16(17)25-3/h5-13H,4H2,1-3H3,(H,21,23,24)/t13-/m0/s1. The van der Waals surface area contributed by atoms with Gasteiger partial charge in [-0.15, -0.1) is 0 Å². The van der Waals surface area contributed by atoms with Gasteiger partial charge in [0.2, 0.25) is 5.82 Å². The van der Waals surface area contributed by atoms with Crippen molar-refractivity contribution >= 4 is 11.7 Å². The van der Waals surface area contributed by atoms with E-state index in [-0.39, 0.29) is 5.82 Å². The molecule has 1 N–H and O–H groups in total. The van der Waals surface area contributed by atoms with Crippen molar-refractivity contribution in [3.05, 3.63) is 48.5 Å². The zero-order valence-corrected chi connectivity index (χ0v) is 15.8. The molecule has 8 nitrogen and oxygen atoms in total. The van der Waals surface area contributed by atoms with E-state index in [0.29, 0.717) is 23.8 Å². The molecule has 1 aromatic heterocycles. The van der Waals surface area contributed by atoms with E-state index >= 15 is 0 Å². The van der Waals surface area contributed by atoms with Gasteiger partial charge in [0.15, 0.2) is 23.3 Å². The second-order valence-corrected chi connectivity index (χ2v) is 5.82. The molecule has 2 aromatic carbocycles. The van der Waals surface area contributed by atoms with E-state index in [1.807, 2.05) is 37.3 Å². The summed E-state index contributed by atoms with van der Waals surface area (Å²) in [5, 5.41) is 10.4. The van der Waals surface area contributed by atoms with Crippen molar-refractivity contribution in [1.29, 1.82) is 0 Å². The van der Waals surface area contributed by atoms with Gasteiger partial charge in [0.25, 0.3) is 5.91 Å². The fourth-order valence-electron chi connectivity index (χ4n) is 2.51. The van der Waals surface area contributed by atoms with Crippen molar-refractivity contribution < 1.29 is 23.6 Å². The van der Waals surface area contributed by atoms with Gasteiger partial charge < -0.3 is 19.5 Å². The monoisotopic (exact) mass is 383 g/mol. The number of para-hydroxylation sites is 2. The van der Waals surface area contributed by atoms with Gasteiger partial charge in [-0.2, -0.15) is 0 Å². The van der Waals surface area contributed by atoms with E-state index in [0.717, 1.165) is 11.3 Å². The highest BCUT2D eigenvalue weighted by Gasteiger charge is 2.21. The molecule has 1 atom stereocenters. The molecule has 0 saturated heterocycles. The molecule has 0 aliphatic carbocycles. The Hall–Kier alpha value is -3.55. The van der Waals surface area contributed by atoms with Crippen LogP contribution in [-0.2, 0) is 4.79 Å². The summed E-state index contributed by atoms with van der Waals surface area (Å²) >= 11 is 0. The Morgan fingerprint density at radius 1 is 1.11 bits per heavy atom. The van der Waals surface area contributed by atoms with E-state index in [2.05, 4.69) is 15.6 Å². The fraction of sp³-hybridized carbons (Fsp3) is 0.250. The van der Waals surface area contributed by atoms with Crippen LogP contribution in [0.2, 0.25) is 0 Å². The average Bonchev–Trinajstić information content (AvgIpc) is 3.17.